The van der Waals surface area contributed by atoms with E-state index in [1.54, 1.807) is 6.08 Å². The van der Waals surface area contributed by atoms with Crippen molar-refractivity contribution >= 4 is 39.5 Å². The molecule has 0 saturated heterocycles. The Morgan fingerprint density at radius 2 is 2.12 bits per heavy atom. The van der Waals surface area contributed by atoms with E-state index in [9.17, 15) is 14.9 Å². The van der Waals surface area contributed by atoms with Gasteiger partial charge in [0, 0.05) is 6.08 Å². The number of thiazole rings is 1. The van der Waals surface area contributed by atoms with E-state index < -0.39 is 24.0 Å². The third kappa shape index (κ3) is 4.22. The zero-order valence-electron chi connectivity index (χ0n) is 13.5. The van der Waals surface area contributed by atoms with E-state index in [-0.39, 0.29) is 0 Å². The van der Waals surface area contributed by atoms with Gasteiger partial charge < -0.3 is 10.1 Å². The summed E-state index contributed by atoms with van der Waals surface area (Å²) in [6, 6.07) is 9.86. The zero-order chi connectivity index (χ0) is 17.7. The smallest absolute Gasteiger partial charge is 0.331 e. The molecule has 1 aromatic carbocycles. The summed E-state index contributed by atoms with van der Waals surface area (Å²) in [4.78, 5) is 28.0. The first kappa shape index (κ1) is 17.1. The van der Waals surface area contributed by atoms with E-state index in [4.69, 9.17) is 4.74 Å². The summed E-state index contributed by atoms with van der Waals surface area (Å²) in [7, 11) is 0. The van der Waals surface area contributed by atoms with Gasteiger partial charge in [-0.25, -0.2) is 9.78 Å². The average molecular weight is 355 g/mol. The number of nitrogens with zero attached hydrogens (tertiary/aromatic N) is 2. The molecular weight excluding hydrogens is 338 g/mol. The number of aromatic nitrogens is 1. The third-order valence-electron chi connectivity index (χ3n) is 4.07. The molecule has 2 aromatic rings. The maximum atomic E-state index is 11.9. The van der Waals surface area contributed by atoms with Crippen LogP contribution in [0.4, 0.5) is 0 Å². The van der Waals surface area contributed by atoms with Crippen molar-refractivity contribution in [3.63, 3.8) is 0 Å². The van der Waals surface area contributed by atoms with Gasteiger partial charge in [0.2, 0.25) is 0 Å². The van der Waals surface area contributed by atoms with E-state index in [1.807, 2.05) is 24.3 Å². The van der Waals surface area contributed by atoms with Crippen LogP contribution in [0.2, 0.25) is 0 Å². The molecule has 0 spiro atoms. The maximum Gasteiger partial charge on any atom is 0.331 e. The molecular formula is C18H17N3O3S. The molecule has 0 atom stereocenters. The number of nitrogens with one attached hydrogen (secondary N) is 1. The first-order valence-corrected chi connectivity index (χ1v) is 8.85. The lowest BCUT2D eigenvalue weighted by Crippen LogP contribution is -2.46. The number of carbonyl (C=O) groups is 2. The van der Waals surface area contributed by atoms with Crippen LogP contribution in [0.3, 0.4) is 0 Å². The molecule has 128 valence electrons. The van der Waals surface area contributed by atoms with E-state index in [2.05, 4.69) is 16.4 Å². The minimum absolute atomic E-state index is 0.396. The van der Waals surface area contributed by atoms with Crippen molar-refractivity contribution in [3.05, 3.63) is 35.3 Å². The SMILES string of the molecule is N#CC1(NC(=O)COC(=O)C=Cc2nc3ccccc3s2)CCCC1. The normalized spacial score (nSPS) is 16.0. The van der Waals surface area contributed by atoms with Crippen molar-refractivity contribution < 1.29 is 14.3 Å². The quantitative estimate of drug-likeness (QED) is 0.658. The van der Waals surface area contributed by atoms with Crippen molar-refractivity contribution in [2.45, 2.75) is 31.2 Å². The first-order valence-electron chi connectivity index (χ1n) is 8.03. The van der Waals surface area contributed by atoms with Crippen LogP contribution in [0.1, 0.15) is 30.7 Å². The highest BCUT2D eigenvalue weighted by Crippen LogP contribution is 2.28. The van der Waals surface area contributed by atoms with Crippen LogP contribution in [0, 0.1) is 11.3 Å². The Balaban J connectivity index is 1.50. The lowest BCUT2D eigenvalue weighted by Gasteiger charge is -2.21. The highest BCUT2D eigenvalue weighted by atomic mass is 32.1. The Labute approximate surface area is 149 Å². The van der Waals surface area contributed by atoms with Crippen LogP contribution in [0.5, 0.6) is 0 Å². The van der Waals surface area contributed by atoms with Crippen molar-refractivity contribution in [1.29, 1.82) is 5.26 Å². The van der Waals surface area contributed by atoms with Crippen molar-refractivity contribution in [1.82, 2.24) is 10.3 Å². The molecule has 1 heterocycles. The second kappa shape index (κ2) is 7.45. The zero-order valence-corrected chi connectivity index (χ0v) is 14.3. The minimum Gasteiger partial charge on any atom is -0.452 e. The molecule has 1 aromatic heterocycles. The van der Waals surface area contributed by atoms with Crippen LogP contribution in [-0.4, -0.2) is 29.0 Å². The Kier molecular flexibility index (Phi) is 5.10. The van der Waals surface area contributed by atoms with Gasteiger partial charge in [-0.2, -0.15) is 5.26 Å². The molecule has 1 N–H and O–H groups in total. The first-order chi connectivity index (χ1) is 12.1. The molecule has 6 nitrogen and oxygen atoms in total. The molecule has 0 radical (unpaired) electrons. The number of ether oxygens (including phenoxy) is 1. The Morgan fingerprint density at radius 3 is 2.84 bits per heavy atom. The van der Waals surface area contributed by atoms with E-state index >= 15 is 0 Å². The number of fused-ring (bicyclic) bond motifs is 1. The van der Waals surface area contributed by atoms with Gasteiger partial charge in [0.1, 0.15) is 10.5 Å². The molecule has 1 aliphatic rings. The van der Waals surface area contributed by atoms with Gasteiger partial charge in [-0.05, 0) is 43.9 Å². The summed E-state index contributed by atoms with van der Waals surface area (Å²) in [5.41, 5.74) is 0.0682. The Bertz CT molecular complexity index is 827. The molecule has 0 bridgehead atoms. The predicted molar refractivity (Wildman–Crippen MR) is 94.6 cm³/mol. The van der Waals surface area contributed by atoms with Crippen molar-refractivity contribution in [2.75, 3.05) is 6.61 Å². The van der Waals surface area contributed by atoms with E-state index in [0.717, 1.165) is 23.1 Å². The van der Waals surface area contributed by atoms with Gasteiger partial charge in [-0.3, -0.25) is 4.79 Å². The van der Waals surface area contributed by atoms with E-state index in [0.29, 0.717) is 17.8 Å². The van der Waals surface area contributed by atoms with Crippen LogP contribution in [0.25, 0.3) is 16.3 Å². The van der Waals surface area contributed by atoms with Gasteiger partial charge in [-0.15, -0.1) is 11.3 Å². The number of rotatable bonds is 5. The van der Waals surface area contributed by atoms with Crippen LogP contribution >= 0.6 is 11.3 Å². The summed E-state index contributed by atoms with van der Waals surface area (Å²) in [6.07, 6.45) is 5.93. The second-order valence-corrected chi connectivity index (χ2v) is 6.97. The number of carbonyl (C=O) groups excluding carboxylic acids is 2. The summed E-state index contributed by atoms with van der Waals surface area (Å²) in [5, 5.41) is 12.6. The highest BCUT2D eigenvalue weighted by molar-refractivity contribution is 7.19. The molecule has 1 saturated carbocycles. The Hall–Kier alpha value is -2.72. The summed E-state index contributed by atoms with van der Waals surface area (Å²) in [6.45, 7) is -0.396. The number of hydrogen-bond acceptors (Lipinski definition) is 6. The standard InChI is InChI=1S/C18H17N3O3S/c19-12-18(9-3-4-10-18)21-15(22)11-24-17(23)8-7-16-20-13-5-1-2-6-14(13)25-16/h1-2,5-8H,3-4,9-11H2,(H,21,22). The number of amides is 1. The van der Waals surface area contributed by atoms with E-state index in [1.165, 1.54) is 17.4 Å². The fourth-order valence-corrected chi connectivity index (χ4v) is 3.70. The summed E-state index contributed by atoms with van der Waals surface area (Å²) in [5.74, 6) is -1.07. The number of esters is 1. The monoisotopic (exact) mass is 355 g/mol. The fourth-order valence-electron chi connectivity index (χ4n) is 2.83. The lowest BCUT2D eigenvalue weighted by atomic mass is 10.00. The molecule has 1 fully saturated rings. The van der Waals surface area contributed by atoms with Gasteiger partial charge in [0.15, 0.2) is 6.61 Å². The maximum absolute atomic E-state index is 11.9. The van der Waals surface area contributed by atoms with Gasteiger partial charge in [-0.1, -0.05) is 12.1 Å². The van der Waals surface area contributed by atoms with Crippen LogP contribution < -0.4 is 5.32 Å². The molecule has 0 unspecified atom stereocenters. The van der Waals surface area contributed by atoms with Gasteiger partial charge in [0.25, 0.3) is 5.91 Å². The number of nitriles is 1. The number of benzene rings is 1. The lowest BCUT2D eigenvalue weighted by molar-refractivity contribution is -0.144. The molecule has 3 rings (SSSR count). The molecule has 7 heteroatoms. The average Bonchev–Trinajstić information content (AvgIpc) is 3.25. The topological polar surface area (TPSA) is 92.1 Å². The van der Waals surface area contributed by atoms with Crippen LogP contribution in [0.15, 0.2) is 30.3 Å². The molecule has 1 aliphatic carbocycles. The molecule has 0 aliphatic heterocycles. The van der Waals surface area contributed by atoms with Crippen LogP contribution in [-0.2, 0) is 14.3 Å². The number of para-hydroxylation sites is 1. The predicted octanol–water partition coefficient (Wildman–Crippen LogP) is 2.81. The van der Waals surface area contributed by atoms with Crippen molar-refractivity contribution in [2.24, 2.45) is 0 Å². The Morgan fingerprint density at radius 1 is 1.36 bits per heavy atom. The molecule has 25 heavy (non-hydrogen) atoms. The summed E-state index contributed by atoms with van der Waals surface area (Å²) >= 11 is 1.47. The fraction of sp³-hybridized carbons (Fsp3) is 0.333. The second-order valence-electron chi connectivity index (χ2n) is 5.91. The molecule has 1 amide bonds. The highest BCUT2D eigenvalue weighted by Gasteiger charge is 2.35. The minimum atomic E-state index is -0.805. The largest absolute Gasteiger partial charge is 0.452 e. The van der Waals surface area contributed by atoms with Gasteiger partial charge in [0.05, 0.1) is 16.3 Å². The van der Waals surface area contributed by atoms with Gasteiger partial charge >= 0.3 is 5.97 Å². The van der Waals surface area contributed by atoms with Crippen molar-refractivity contribution in [3.8, 4) is 6.07 Å². The number of hydrogen-bond donors (Lipinski definition) is 1. The third-order valence-corrected chi connectivity index (χ3v) is 5.07. The summed E-state index contributed by atoms with van der Waals surface area (Å²) < 4.78 is 5.96.